The van der Waals surface area contributed by atoms with Gasteiger partial charge in [0.15, 0.2) is 0 Å². The lowest BCUT2D eigenvalue weighted by molar-refractivity contribution is -0.141. The second-order valence-corrected chi connectivity index (χ2v) is 12.1. The standard InChI is InChI=1S/C30H34ClN3O5S/c31-26-13-8-24(9-14-26)22-34(29(30(37)32-18-21-35)25-6-2-1-3-7-25)28(36)17-12-23-10-15-27(16-11-23)40(38,39)33-19-4-5-20-33/h1-3,6-11,13-16,29,35H,4-5,12,17-22H2,(H,32,37)/t29-/m0/s1. The number of nitrogens with zero attached hydrogens (tertiary/aromatic N) is 2. The normalized spacial score (nSPS) is 14.6. The molecule has 40 heavy (non-hydrogen) atoms. The smallest absolute Gasteiger partial charge is 0.247 e. The number of sulfonamides is 1. The van der Waals surface area contributed by atoms with Gasteiger partial charge in [0.05, 0.1) is 11.5 Å². The van der Waals surface area contributed by atoms with Gasteiger partial charge in [-0.3, -0.25) is 9.59 Å². The number of hydrogen-bond donors (Lipinski definition) is 2. The first-order chi connectivity index (χ1) is 19.3. The van der Waals surface area contributed by atoms with Gasteiger partial charge < -0.3 is 15.3 Å². The van der Waals surface area contributed by atoms with E-state index in [1.807, 2.05) is 30.3 Å². The van der Waals surface area contributed by atoms with Crippen molar-refractivity contribution < 1.29 is 23.1 Å². The fraction of sp³-hybridized carbons (Fsp3) is 0.333. The summed E-state index contributed by atoms with van der Waals surface area (Å²) in [6, 6.07) is 21.9. The Bertz CT molecular complexity index is 1380. The van der Waals surface area contributed by atoms with E-state index in [1.54, 1.807) is 48.5 Å². The molecule has 0 aliphatic carbocycles. The summed E-state index contributed by atoms with van der Waals surface area (Å²) in [5.74, 6) is -0.629. The molecule has 0 spiro atoms. The van der Waals surface area contributed by atoms with Crippen LogP contribution in [0.4, 0.5) is 0 Å². The minimum Gasteiger partial charge on any atom is -0.395 e. The van der Waals surface area contributed by atoms with Crippen LogP contribution in [-0.4, -0.2) is 60.8 Å². The second-order valence-electron chi connectivity index (χ2n) is 9.73. The van der Waals surface area contributed by atoms with Crippen LogP contribution in [-0.2, 0) is 32.6 Å². The first kappa shape index (κ1) is 29.7. The van der Waals surface area contributed by atoms with Gasteiger partial charge in [0.25, 0.3) is 0 Å². The molecule has 1 aliphatic heterocycles. The Morgan fingerprint density at radius 1 is 0.925 bits per heavy atom. The fourth-order valence-electron chi connectivity index (χ4n) is 4.79. The first-order valence-electron chi connectivity index (χ1n) is 13.4. The summed E-state index contributed by atoms with van der Waals surface area (Å²) in [6.07, 6.45) is 2.23. The molecule has 0 aromatic heterocycles. The largest absolute Gasteiger partial charge is 0.395 e. The number of hydrogen-bond acceptors (Lipinski definition) is 5. The SMILES string of the molecule is O=C(NCCO)[C@H](c1ccccc1)N(Cc1ccc(Cl)cc1)C(=O)CCc1ccc(S(=O)(=O)N2CCCC2)cc1. The summed E-state index contributed by atoms with van der Waals surface area (Å²) in [4.78, 5) is 28.8. The Labute approximate surface area is 240 Å². The van der Waals surface area contributed by atoms with Crippen LogP contribution in [0.5, 0.6) is 0 Å². The molecular formula is C30H34ClN3O5S. The molecule has 0 bridgehead atoms. The van der Waals surface area contributed by atoms with Crippen molar-refractivity contribution in [1.82, 2.24) is 14.5 Å². The number of carbonyl (C=O) groups is 2. The van der Waals surface area contributed by atoms with E-state index < -0.39 is 16.1 Å². The van der Waals surface area contributed by atoms with Crippen molar-refractivity contribution in [2.75, 3.05) is 26.2 Å². The Kier molecular flexibility index (Phi) is 10.3. The van der Waals surface area contributed by atoms with Gasteiger partial charge in [-0.25, -0.2) is 8.42 Å². The van der Waals surface area contributed by atoms with Gasteiger partial charge in [-0.2, -0.15) is 4.31 Å². The molecule has 212 valence electrons. The zero-order valence-corrected chi connectivity index (χ0v) is 23.8. The maximum absolute atomic E-state index is 13.7. The van der Waals surface area contributed by atoms with Gasteiger partial charge in [-0.1, -0.05) is 66.2 Å². The number of benzene rings is 3. The third kappa shape index (κ3) is 7.48. The van der Waals surface area contributed by atoms with Crippen molar-refractivity contribution in [2.45, 2.75) is 43.2 Å². The van der Waals surface area contributed by atoms with E-state index in [0.29, 0.717) is 30.1 Å². The van der Waals surface area contributed by atoms with Crippen molar-refractivity contribution in [3.63, 3.8) is 0 Å². The molecule has 0 unspecified atom stereocenters. The molecule has 1 heterocycles. The molecule has 8 nitrogen and oxygen atoms in total. The Morgan fingerprint density at radius 2 is 1.55 bits per heavy atom. The quantitative estimate of drug-likeness (QED) is 0.336. The molecule has 1 fully saturated rings. The number of aliphatic hydroxyl groups excluding tert-OH is 1. The minimum absolute atomic E-state index is 0.0673. The van der Waals surface area contributed by atoms with Crippen molar-refractivity contribution >= 4 is 33.4 Å². The molecule has 1 atom stereocenters. The Morgan fingerprint density at radius 3 is 2.17 bits per heavy atom. The summed E-state index contributed by atoms with van der Waals surface area (Å²) >= 11 is 6.06. The molecule has 1 aliphatic rings. The van der Waals surface area contributed by atoms with E-state index >= 15 is 0 Å². The highest BCUT2D eigenvalue weighted by Crippen LogP contribution is 2.26. The summed E-state index contributed by atoms with van der Waals surface area (Å²) in [5.41, 5.74) is 2.28. The van der Waals surface area contributed by atoms with Crippen molar-refractivity contribution in [3.05, 3.63) is 101 Å². The van der Waals surface area contributed by atoms with E-state index in [9.17, 15) is 23.1 Å². The van der Waals surface area contributed by atoms with Crippen LogP contribution in [0.1, 0.15) is 42.0 Å². The maximum atomic E-state index is 13.7. The van der Waals surface area contributed by atoms with Gasteiger partial charge in [0, 0.05) is 37.6 Å². The lowest BCUT2D eigenvalue weighted by Crippen LogP contribution is -2.44. The number of nitrogens with one attached hydrogen (secondary N) is 1. The molecule has 0 saturated carbocycles. The topological polar surface area (TPSA) is 107 Å². The summed E-state index contributed by atoms with van der Waals surface area (Å²) < 4.78 is 27.2. The highest BCUT2D eigenvalue weighted by Gasteiger charge is 2.31. The van der Waals surface area contributed by atoms with E-state index in [-0.39, 0.29) is 42.8 Å². The lowest BCUT2D eigenvalue weighted by Gasteiger charge is -2.32. The van der Waals surface area contributed by atoms with Gasteiger partial charge in [-0.15, -0.1) is 0 Å². The summed E-state index contributed by atoms with van der Waals surface area (Å²) in [6.45, 7) is 1.10. The fourth-order valence-corrected chi connectivity index (χ4v) is 6.44. The average Bonchev–Trinajstić information content (AvgIpc) is 3.53. The number of aliphatic hydroxyl groups is 1. The van der Waals surface area contributed by atoms with E-state index in [1.165, 1.54) is 9.21 Å². The Hall–Kier alpha value is -3.24. The predicted octanol–water partition coefficient (Wildman–Crippen LogP) is 3.94. The predicted molar refractivity (Wildman–Crippen MR) is 154 cm³/mol. The molecule has 4 rings (SSSR count). The van der Waals surface area contributed by atoms with Crippen molar-refractivity contribution in [2.24, 2.45) is 0 Å². The molecular weight excluding hydrogens is 550 g/mol. The highest BCUT2D eigenvalue weighted by atomic mass is 35.5. The molecule has 2 amide bonds. The van der Waals surface area contributed by atoms with Crippen LogP contribution in [0.25, 0.3) is 0 Å². The molecule has 1 saturated heterocycles. The van der Waals surface area contributed by atoms with Gasteiger partial charge >= 0.3 is 0 Å². The monoisotopic (exact) mass is 583 g/mol. The first-order valence-corrected chi connectivity index (χ1v) is 15.2. The lowest BCUT2D eigenvalue weighted by atomic mass is 10.0. The van der Waals surface area contributed by atoms with Crippen LogP contribution >= 0.6 is 11.6 Å². The number of rotatable bonds is 12. The number of amides is 2. The summed E-state index contributed by atoms with van der Waals surface area (Å²) in [7, 11) is -3.51. The van der Waals surface area contributed by atoms with Gasteiger partial charge in [-0.05, 0) is 60.2 Å². The van der Waals surface area contributed by atoms with Crippen LogP contribution in [0.15, 0.2) is 83.8 Å². The molecule has 3 aromatic rings. The van der Waals surface area contributed by atoms with Crippen molar-refractivity contribution in [3.8, 4) is 0 Å². The third-order valence-corrected chi connectivity index (χ3v) is 9.09. The molecule has 10 heteroatoms. The highest BCUT2D eigenvalue weighted by molar-refractivity contribution is 7.89. The van der Waals surface area contributed by atoms with Gasteiger partial charge in [0.2, 0.25) is 21.8 Å². The number of halogens is 1. The van der Waals surface area contributed by atoms with Crippen LogP contribution in [0.3, 0.4) is 0 Å². The van der Waals surface area contributed by atoms with Crippen LogP contribution in [0.2, 0.25) is 5.02 Å². The molecule has 0 radical (unpaired) electrons. The number of carbonyl (C=O) groups excluding carboxylic acids is 2. The third-order valence-electron chi connectivity index (χ3n) is 6.93. The minimum atomic E-state index is -3.51. The van der Waals surface area contributed by atoms with Crippen LogP contribution in [0, 0.1) is 0 Å². The maximum Gasteiger partial charge on any atom is 0.247 e. The zero-order chi connectivity index (χ0) is 28.5. The van der Waals surface area contributed by atoms with Gasteiger partial charge in [0.1, 0.15) is 6.04 Å². The Balaban J connectivity index is 1.55. The van der Waals surface area contributed by atoms with E-state index in [2.05, 4.69) is 5.32 Å². The molecule has 2 N–H and O–H groups in total. The van der Waals surface area contributed by atoms with Crippen LogP contribution < -0.4 is 5.32 Å². The average molecular weight is 584 g/mol. The zero-order valence-electron chi connectivity index (χ0n) is 22.2. The molecule has 3 aromatic carbocycles. The number of aryl methyl sites for hydroxylation is 1. The van der Waals surface area contributed by atoms with E-state index in [0.717, 1.165) is 24.0 Å². The van der Waals surface area contributed by atoms with E-state index in [4.69, 9.17) is 11.6 Å². The van der Waals surface area contributed by atoms with Crippen molar-refractivity contribution in [1.29, 1.82) is 0 Å². The second kappa shape index (κ2) is 13.9. The summed E-state index contributed by atoms with van der Waals surface area (Å²) in [5, 5.41) is 12.6.